The molecule has 2 aliphatic rings. The first-order valence-electron chi connectivity index (χ1n) is 7.68. The third kappa shape index (κ3) is 4.20. The highest BCUT2D eigenvalue weighted by molar-refractivity contribution is 5.79. The number of rotatable bonds is 4. The number of carboxylic acid groups (broad SMARTS) is 1. The van der Waals surface area contributed by atoms with E-state index in [1.807, 2.05) is 4.90 Å². The van der Waals surface area contributed by atoms with Crippen LogP contribution in [0, 0.1) is 11.8 Å². The molecule has 1 aliphatic carbocycles. The summed E-state index contributed by atoms with van der Waals surface area (Å²) in [5, 5.41) is 8.59. The Labute approximate surface area is 120 Å². The molecule has 2 rings (SSSR count). The zero-order chi connectivity index (χ0) is 14.5. The molecule has 2 fully saturated rings. The summed E-state index contributed by atoms with van der Waals surface area (Å²) in [6.07, 6.45) is 5.86. The SMILES string of the molecule is CC1CCC(C(=O)N2CCC(OCC(=O)O)CC2)CC1. The predicted molar refractivity (Wildman–Crippen MR) is 74.3 cm³/mol. The number of carbonyl (C=O) groups excluding carboxylic acids is 1. The average molecular weight is 283 g/mol. The number of piperidine rings is 1. The van der Waals surface area contributed by atoms with Gasteiger partial charge in [-0.1, -0.05) is 6.92 Å². The van der Waals surface area contributed by atoms with Crippen molar-refractivity contribution in [3.63, 3.8) is 0 Å². The van der Waals surface area contributed by atoms with Crippen molar-refractivity contribution in [2.75, 3.05) is 19.7 Å². The lowest BCUT2D eigenvalue weighted by Crippen LogP contribution is -2.44. The molecular weight excluding hydrogens is 258 g/mol. The second-order valence-corrected chi connectivity index (χ2v) is 6.19. The Morgan fingerprint density at radius 2 is 1.70 bits per heavy atom. The van der Waals surface area contributed by atoms with Gasteiger partial charge in [-0.25, -0.2) is 4.79 Å². The number of nitrogens with zero attached hydrogens (tertiary/aromatic N) is 1. The quantitative estimate of drug-likeness (QED) is 0.855. The first kappa shape index (κ1) is 15.3. The van der Waals surface area contributed by atoms with Crippen LogP contribution in [0.3, 0.4) is 0 Å². The summed E-state index contributed by atoms with van der Waals surface area (Å²) in [5.74, 6) is 0.338. The van der Waals surface area contributed by atoms with Crippen LogP contribution in [0.4, 0.5) is 0 Å². The van der Waals surface area contributed by atoms with Gasteiger partial charge in [0.2, 0.25) is 5.91 Å². The van der Waals surface area contributed by atoms with E-state index in [0.717, 1.165) is 44.4 Å². The minimum absolute atomic E-state index is 0.0125. The van der Waals surface area contributed by atoms with Gasteiger partial charge in [-0.2, -0.15) is 0 Å². The molecule has 0 spiro atoms. The maximum atomic E-state index is 12.4. The highest BCUT2D eigenvalue weighted by Crippen LogP contribution is 2.30. The van der Waals surface area contributed by atoms with Gasteiger partial charge < -0.3 is 14.7 Å². The third-order valence-corrected chi connectivity index (χ3v) is 4.56. The van der Waals surface area contributed by atoms with Gasteiger partial charge in [-0.05, 0) is 44.4 Å². The zero-order valence-electron chi connectivity index (χ0n) is 12.2. The van der Waals surface area contributed by atoms with Crippen molar-refractivity contribution < 1.29 is 19.4 Å². The molecule has 0 radical (unpaired) electrons. The first-order valence-corrected chi connectivity index (χ1v) is 7.68. The Hall–Kier alpha value is -1.10. The summed E-state index contributed by atoms with van der Waals surface area (Å²) >= 11 is 0. The van der Waals surface area contributed by atoms with Gasteiger partial charge in [-0.15, -0.1) is 0 Å². The number of carboxylic acids is 1. The minimum atomic E-state index is -0.931. The maximum Gasteiger partial charge on any atom is 0.329 e. The van der Waals surface area contributed by atoms with Gasteiger partial charge in [-0.3, -0.25) is 4.79 Å². The smallest absolute Gasteiger partial charge is 0.329 e. The van der Waals surface area contributed by atoms with Crippen molar-refractivity contribution in [1.29, 1.82) is 0 Å². The van der Waals surface area contributed by atoms with Crippen LogP contribution in [0.15, 0.2) is 0 Å². The molecule has 0 aromatic carbocycles. The van der Waals surface area contributed by atoms with E-state index in [-0.39, 0.29) is 18.6 Å². The van der Waals surface area contributed by atoms with Gasteiger partial charge in [0.25, 0.3) is 0 Å². The van der Waals surface area contributed by atoms with Crippen molar-refractivity contribution in [2.45, 2.75) is 51.6 Å². The molecule has 0 unspecified atom stereocenters. The Kier molecular flexibility index (Phi) is 5.40. The Morgan fingerprint density at radius 3 is 2.25 bits per heavy atom. The van der Waals surface area contributed by atoms with Gasteiger partial charge in [0.1, 0.15) is 6.61 Å². The molecule has 114 valence electrons. The molecule has 1 aliphatic heterocycles. The Bertz CT molecular complexity index is 342. The van der Waals surface area contributed by atoms with E-state index < -0.39 is 5.97 Å². The van der Waals surface area contributed by atoms with Crippen molar-refractivity contribution >= 4 is 11.9 Å². The lowest BCUT2D eigenvalue weighted by Gasteiger charge is -2.35. The van der Waals surface area contributed by atoms with Crippen molar-refractivity contribution in [1.82, 2.24) is 4.90 Å². The maximum absolute atomic E-state index is 12.4. The number of likely N-dealkylation sites (tertiary alicyclic amines) is 1. The summed E-state index contributed by atoms with van der Waals surface area (Å²) in [6, 6.07) is 0. The number of aliphatic carboxylic acids is 1. The lowest BCUT2D eigenvalue weighted by molar-refractivity contribution is -0.148. The molecule has 1 N–H and O–H groups in total. The molecule has 20 heavy (non-hydrogen) atoms. The van der Waals surface area contributed by atoms with E-state index in [9.17, 15) is 9.59 Å². The summed E-state index contributed by atoms with van der Waals surface area (Å²) < 4.78 is 5.29. The van der Waals surface area contributed by atoms with Crippen LogP contribution < -0.4 is 0 Å². The van der Waals surface area contributed by atoms with Crippen molar-refractivity contribution in [3.8, 4) is 0 Å². The third-order valence-electron chi connectivity index (χ3n) is 4.56. The lowest BCUT2D eigenvalue weighted by atomic mass is 9.82. The van der Waals surface area contributed by atoms with Crippen LogP contribution in [0.1, 0.15) is 45.4 Å². The van der Waals surface area contributed by atoms with Crippen LogP contribution in [-0.2, 0) is 14.3 Å². The van der Waals surface area contributed by atoms with Crippen LogP contribution in [0.25, 0.3) is 0 Å². The molecule has 5 nitrogen and oxygen atoms in total. The molecule has 1 saturated heterocycles. The van der Waals surface area contributed by atoms with E-state index in [1.54, 1.807) is 0 Å². The largest absolute Gasteiger partial charge is 0.480 e. The van der Waals surface area contributed by atoms with Gasteiger partial charge >= 0.3 is 5.97 Å². The van der Waals surface area contributed by atoms with Crippen LogP contribution >= 0.6 is 0 Å². The number of amides is 1. The van der Waals surface area contributed by atoms with Crippen LogP contribution in [0.5, 0.6) is 0 Å². The molecule has 0 bridgehead atoms. The molecule has 0 atom stereocenters. The van der Waals surface area contributed by atoms with E-state index in [1.165, 1.54) is 0 Å². The standard InChI is InChI=1S/C15H25NO4/c1-11-2-4-12(5-3-11)15(19)16-8-6-13(7-9-16)20-10-14(17)18/h11-13H,2-10H2,1H3,(H,17,18). The second kappa shape index (κ2) is 7.07. The molecular formula is C15H25NO4. The van der Waals surface area contributed by atoms with E-state index in [4.69, 9.17) is 9.84 Å². The number of carbonyl (C=O) groups is 2. The van der Waals surface area contributed by atoms with Crippen molar-refractivity contribution in [3.05, 3.63) is 0 Å². The summed E-state index contributed by atoms with van der Waals surface area (Å²) in [4.78, 5) is 24.8. The predicted octanol–water partition coefficient (Wildman–Crippen LogP) is 1.90. The molecule has 0 aromatic heterocycles. The fourth-order valence-corrected chi connectivity index (χ4v) is 3.20. The molecule has 1 saturated carbocycles. The topological polar surface area (TPSA) is 66.8 Å². The highest BCUT2D eigenvalue weighted by Gasteiger charge is 2.30. The van der Waals surface area contributed by atoms with Gasteiger partial charge in [0, 0.05) is 19.0 Å². The average Bonchev–Trinajstić information content (AvgIpc) is 2.46. The number of hydrogen-bond donors (Lipinski definition) is 1. The van der Waals surface area contributed by atoms with Crippen molar-refractivity contribution in [2.24, 2.45) is 11.8 Å². The minimum Gasteiger partial charge on any atom is -0.480 e. The molecule has 1 amide bonds. The van der Waals surface area contributed by atoms with Gasteiger partial charge in [0.05, 0.1) is 6.10 Å². The first-order chi connectivity index (χ1) is 9.56. The van der Waals surface area contributed by atoms with E-state index in [2.05, 4.69) is 6.92 Å². The number of ether oxygens (including phenoxy) is 1. The monoisotopic (exact) mass is 283 g/mol. The molecule has 1 heterocycles. The summed E-state index contributed by atoms with van der Waals surface area (Å²) in [6.45, 7) is 3.43. The highest BCUT2D eigenvalue weighted by atomic mass is 16.5. The van der Waals surface area contributed by atoms with Crippen LogP contribution in [-0.4, -0.2) is 47.7 Å². The molecule has 0 aromatic rings. The number of hydrogen-bond acceptors (Lipinski definition) is 3. The Balaban J connectivity index is 1.73. The Morgan fingerprint density at radius 1 is 1.10 bits per heavy atom. The summed E-state index contributed by atoms with van der Waals surface area (Å²) in [5.41, 5.74) is 0. The van der Waals surface area contributed by atoms with Crippen LogP contribution in [0.2, 0.25) is 0 Å². The van der Waals surface area contributed by atoms with E-state index in [0.29, 0.717) is 19.0 Å². The summed E-state index contributed by atoms with van der Waals surface area (Å²) in [7, 11) is 0. The fraction of sp³-hybridized carbons (Fsp3) is 0.867. The second-order valence-electron chi connectivity index (χ2n) is 6.19. The molecule has 5 heteroatoms. The zero-order valence-corrected chi connectivity index (χ0v) is 12.2. The van der Waals surface area contributed by atoms with Gasteiger partial charge in [0.15, 0.2) is 0 Å². The van der Waals surface area contributed by atoms with E-state index >= 15 is 0 Å². The normalized spacial score (nSPS) is 28.4. The fourth-order valence-electron chi connectivity index (χ4n) is 3.20.